The average molecular weight is 259 g/mol. The van der Waals surface area contributed by atoms with Crippen molar-refractivity contribution in [1.82, 2.24) is 0 Å². The van der Waals surface area contributed by atoms with Gasteiger partial charge in [-0.05, 0) is 50.3 Å². The van der Waals surface area contributed by atoms with Gasteiger partial charge in [0.2, 0.25) is 0 Å². The van der Waals surface area contributed by atoms with Crippen molar-refractivity contribution in [3.8, 4) is 0 Å². The molecule has 0 saturated heterocycles. The van der Waals surface area contributed by atoms with Gasteiger partial charge in [-0.25, -0.2) is 0 Å². The normalized spacial score (nSPS) is 17.7. The van der Waals surface area contributed by atoms with Crippen molar-refractivity contribution in [2.45, 2.75) is 52.9 Å². The summed E-state index contributed by atoms with van der Waals surface area (Å²) in [7, 11) is 0. The van der Waals surface area contributed by atoms with E-state index in [4.69, 9.17) is 5.73 Å². The third-order valence-corrected chi connectivity index (χ3v) is 4.72. The fourth-order valence-electron chi connectivity index (χ4n) is 3.49. The Morgan fingerprint density at radius 2 is 1.68 bits per heavy atom. The minimum Gasteiger partial charge on any atom is -0.329 e. The van der Waals surface area contributed by atoms with E-state index in [-0.39, 0.29) is 5.41 Å². The third kappa shape index (κ3) is 2.74. The predicted octanol–water partition coefficient (Wildman–Crippen LogP) is 3.24. The van der Waals surface area contributed by atoms with Crippen molar-refractivity contribution in [3.63, 3.8) is 0 Å². The molecule has 0 heterocycles. The van der Waals surface area contributed by atoms with Crippen LogP contribution >= 0.6 is 0 Å². The van der Waals surface area contributed by atoms with Crippen LogP contribution in [0.4, 0.5) is 0 Å². The van der Waals surface area contributed by atoms with Gasteiger partial charge in [0.25, 0.3) is 0 Å². The number of benzene rings is 1. The van der Waals surface area contributed by atoms with Gasteiger partial charge < -0.3 is 5.73 Å². The highest BCUT2D eigenvalue weighted by molar-refractivity contribution is 5.88. The van der Waals surface area contributed by atoms with E-state index in [9.17, 15) is 4.79 Å². The summed E-state index contributed by atoms with van der Waals surface area (Å²) in [5.74, 6) is 0.350. The Morgan fingerprint density at radius 3 is 2.16 bits per heavy atom. The summed E-state index contributed by atoms with van der Waals surface area (Å²) in [4.78, 5) is 12.7. The Morgan fingerprint density at radius 1 is 1.16 bits per heavy atom. The molecule has 1 saturated carbocycles. The zero-order chi connectivity index (χ0) is 14.0. The lowest BCUT2D eigenvalue weighted by atomic mass is 9.78. The van der Waals surface area contributed by atoms with Crippen LogP contribution in [0.2, 0.25) is 0 Å². The molecule has 19 heavy (non-hydrogen) atoms. The molecule has 2 heteroatoms. The van der Waals surface area contributed by atoms with Gasteiger partial charge in [-0.3, -0.25) is 4.79 Å². The Labute approximate surface area is 116 Å². The lowest BCUT2D eigenvalue weighted by Gasteiger charge is -2.26. The first-order chi connectivity index (χ1) is 8.98. The van der Waals surface area contributed by atoms with Gasteiger partial charge in [0, 0.05) is 18.4 Å². The van der Waals surface area contributed by atoms with Crippen LogP contribution < -0.4 is 5.73 Å². The van der Waals surface area contributed by atoms with E-state index in [0.717, 1.165) is 25.7 Å². The number of carbonyl (C=O) groups is 1. The van der Waals surface area contributed by atoms with Crippen LogP contribution in [0.1, 0.15) is 47.9 Å². The van der Waals surface area contributed by atoms with E-state index in [1.807, 2.05) is 0 Å². The lowest BCUT2D eigenvalue weighted by Crippen LogP contribution is -2.37. The van der Waals surface area contributed by atoms with Crippen LogP contribution in [-0.4, -0.2) is 12.3 Å². The van der Waals surface area contributed by atoms with E-state index in [1.54, 1.807) is 0 Å². The average Bonchev–Trinajstić information content (AvgIpc) is 2.83. The maximum Gasteiger partial charge on any atom is 0.144 e. The first kappa shape index (κ1) is 14.3. The van der Waals surface area contributed by atoms with Gasteiger partial charge in [-0.2, -0.15) is 0 Å². The highest BCUT2D eigenvalue weighted by Crippen LogP contribution is 2.39. The molecule has 0 aromatic heterocycles. The number of nitrogens with two attached hydrogens (primary N) is 1. The van der Waals surface area contributed by atoms with E-state index < -0.39 is 0 Å². The first-order valence-corrected chi connectivity index (χ1v) is 7.28. The molecule has 1 aromatic carbocycles. The smallest absolute Gasteiger partial charge is 0.144 e. The van der Waals surface area contributed by atoms with Crippen molar-refractivity contribution in [2.75, 3.05) is 6.54 Å². The number of ketones is 1. The summed E-state index contributed by atoms with van der Waals surface area (Å²) >= 11 is 0. The van der Waals surface area contributed by atoms with E-state index in [0.29, 0.717) is 18.7 Å². The summed E-state index contributed by atoms with van der Waals surface area (Å²) in [5, 5.41) is 0. The number of hydrogen-bond donors (Lipinski definition) is 1. The number of hydrogen-bond acceptors (Lipinski definition) is 2. The highest BCUT2D eigenvalue weighted by atomic mass is 16.1. The van der Waals surface area contributed by atoms with Crippen molar-refractivity contribution in [3.05, 3.63) is 34.4 Å². The topological polar surface area (TPSA) is 43.1 Å². The molecular formula is C17H25NO. The molecule has 0 bridgehead atoms. The molecule has 0 amide bonds. The number of carbonyl (C=O) groups excluding carboxylic acids is 1. The van der Waals surface area contributed by atoms with Crippen LogP contribution in [0.15, 0.2) is 12.1 Å². The summed E-state index contributed by atoms with van der Waals surface area (Å²) in [5.41, 5.74) is 10.6. The quantitative estimate of drug-likeness (QED) is 0.902. The monoisotopic (exact) mass is 259 g/mol. The SMILES string of the molecule is Cc1cc(C)c(CC(=O)C2(CN)CCCC2)c(C)c1. The molecule has 0 aliphatic heterocycles. The van der Waals surface area contributed by atoms with Gasteiger partial charge in [0.15, 0.2) is 0 Å². The van der Waals surface area contributed by atoms with Crippen LogP contribution in [0.5, 0.6) is 0 Å². The number of aryl methyl sites for hydroxylation is 3. The van der Waals surface area contributed by atoms with Crippen molar-refractivity contribution < 1.29 is 4.79 Å². The second-order valence-electron chi connectivity index (χ2n) is 6.17. The molecule has 1 aliphatic rings. The zero-order valence-corrected chi connectivity index (χ0v) is 12.4. The first-order valence-electron chi connectivity index (χ1n) is 7.28. The summed E-state index contributed by atoms with van der Waals surface area (Å²) in [6, 6.07) is 4.33. The van der Waals surface area contributed by atoms with Gasteiger partial charge in [0.05, 0.1) is 0 Å². The number of rotatable bonds is 4. The molecule has 0 unspecified atom stereocenters. The van der Waals surface area contributed by atoms with Crippen LogP contribution in [0.3, 0.4) is 0 Å². The standard InChI is InChI=1S/C17H25NO/c1-12-8-13(2)15(14(3)9-12)10-16(19)17(11-18)6-4-5-7-17/h8-9H,4-7,10-11,18H2,1-3H3. The van der Waals surface area contributed by atoms with Gasteiger partial charge >= 0.3 is 0 Å². The summed E-state index contributed by atoms with van der Waals surface area (Å²) < 4.78 is 0. The lowest BCUT2D eigenvalue weighted by molar-refractivity contribution is -0.127. The fraction of sp³-hybridized carbons (Fsp3) is 0.588. The molecule has 1 fully saturated rings. The maximum absolute atomic E-state index is 12.7. The van der Waals surface area contributed by atoms with Crippen LogP contribution in [0, 0.1) is 26.2 Å². The molecule has 104 valence electrons. The van der Waals surface area contributed by atoms with E-state index in [1.165, 1.54) is 22.3 Å². The molecular weight excluding hydrogens is 234 g/mol. The fourth-order valence-corrected chi connectivity index (χ4v) is 3.49. The molecule has 2 rings (SSSR count). The van der Waals surface area contributed by atoms with Gasteiger partial charge in [-0.15, -0.1) is 0 Å². The van der Waals surface area contributed by atoms with E-state index >= 15 is 0 Å². The summed E-state index contributed by atoms with van der Waals surface area (Å²) in [6.07, 6.45) is 4.80. The van der Waals surface area contributed by atoms with Crippen molar-refractivity contribution >= 4 is 5.78 Å². The van der Waals surface area contributed by atoms with E-state index in [2.05, 4.69) is 32.9 Å². The second kappa shape index (κ2) is 5.46. The van der Waals surface area contributed by atoms with Crippen LogP contribution in [-0.2, 0) is 11.2 Å². The Balaban J connectivity index is 2.24. The highest BCUT2D eigenvalue weighted by Gasteiger charge is 2.39. The molecule has 1 aliphatic carbocycles. The largest absolute Gasteiger partial charge is 0.329 e. The third-order valence-electron chi connectivity index (χ3n) is 4.72. The Bertz CT molecular complexity index is 461. The van der Waals surface area contributed by atoms with Gasteiger partial charge in [-0.1, -0.05) is 30.5 Å². The Hall–Kier alpha value is -1.15. The summed E-state index contributed by atoms with van der Waals surface area (Å²) in [6.45, 7) is 6.82. The molecule has 2 nitrogen and oxygen atoms in total. The molecule has 1 aromatic rings. The minimum absolute atomic E-state index is 0.232. The Kier molecular flexibility index (Phi) is 4.10. The predicted molar refractivity (Wildman–Crippen MR) is 79.3 cm³/mol. The molecule has 2 N–H and O–H groups in total. The van der Waals surface area contributed by atoms with Crippen molar-refractivity contribution in [2.24, 2.45) is 11.1 Å². The number of Topliss-reactive ketones (excluding diaryl/α,β-unsaturated/α-hetero) is 1. The minimum atomic E-state index is -0.232. The molecule has 0 atom stereocenters. The molecule has 0 spiro atoms. The maximum atomic E-state index is 12.7. The van der Waals surface area contributed by atoms with Crippen molar-refractivity contribution in [1.29, 1.82) is 0 Å². The second-order valence-corrected chi connectivity index (χ2v) is 6.17. The van der Waals surface area contributed by atoms with Gasteiger partial charge in [0.1, 0.15) is 5.78 Å². The molecule has 0 radical (unpaired) electrons. The van der Waals surface area contributed by atoms with Crippen LogP contribution in [0.25, 0.3) is 0 Å². The zero-order valence-electron chi connectivity index (χ0n) is 12.4.